The summed E-state index contributed by atoms with van der Waals surface area (Å²) in [4.78, 5) is 53.6. The summed E-state index contributed by atoms with van der Waals surface area (Å²) in [6, 6.07) is 12.0. The van der Waals surface area contributed by atoms with Crippen LogP contribution in [0, 0.1) is 21.3 Å². The molecule has 41 heavy (non-hydrogen) atoms. The average Bonchev–Trinajstić information content (AvgIpc) is 3.28. The minimum Gasteiger partial charge on any atom is -0.504 e. The van der Waals surface area contributed by atoms with Crippen LogP contribution in [-0.4, -0.2) is 55.4 Å². The monoisotopic (exact) mass is 772 g/mol. The second-order valence-electron chi connectivity index (χ2n) is 10.6. The van der Waals surface area contributed by atoms with Gasteiger partial charge in [-0.25, -0.2) is 0 Å². The molecule has 6 atom stereocenters. The van der Waals surface area contributed by atoms with Crippen LogP contribution in [0.15, 0.2) is 54.1 Å². The molecule has 6 rings (SSSR count). The molecule has 2 aliphatic heterocycles. The number of phenolic OH excluding ortho intramolecular Hbond substituents is 1. The Hall–Kier alpha value is -2.15. The van der Waals surface area contributed by atoms with E-state index >= 15 is 0 Å². The summed E-state index contributed by atoms with van der Waals surface area (Å²) >= 11 is 19.8. The van der Waals surface area contributed by atoms with Gasteiger partial charge in [0.2, 0.25) is 11.8 Å². The highest BCUT2D eigenvalue weighted by Gasteiger charge is 2.76. The number of carbonyl (C=O) groups excluding carboxylic acids is 4. The molecule has 12 heteroatoms. The Balaban J connectivity index is 1.53. The normalized spacial score (nSPS) is 32.6. The number of carbonyl (C=O) groups is 4. The third kappa shape index (κ3) is 3.89. The maximum Gasteiger partial charge on any atom is 0.254 e. The van der Waals surface area contributed by atoms with Crippen molar-refractivity contribution < 1.29 is 29.0 Å². The SMILES string of the molecule is CCOc1cccc([C@H]2C3=CC[C@@H]4C(=O)N(c5ccc(I)cc5)C(=O)[C@@H]4[C@@H]3C[C@@]3(Cl)C(=O)N(CBr)C(=O)[C@@]23Cl)c1O. The number of allylic oxidation sites excluding steroid dienone is 2. The highest BCUT2D eigenvalue weighted by molar-refractivity contribution is 14.1. The number of alkyl halides is 3. The summed E-state index contributed by atoms with van der Waals surface area (Å²) in [6.07, 6.45) is 1.94. The van der Waals surface area contributed by atoms with E-state index in [0.29, 0.717) is 11.3 Å². The molecule has 0 bridgehead atoms. The second-order valence-corrected chi connectivity index (χ2v) is 13.6. The Morgan fingerprint density at radius 1 is 1.05 bits per heavy atom. The molecule has 0 aromatic heterocycles. The largest absolute Gasteiger partial charge is 0.504 e. The molecule has 4 amide bonds. The van der Waals surface area contributed by atoms with Gasteiger partial charge in [-0.2, -0.15) is 0 Å². The van der Waals surface area contributed by atoms with Crippen molar-refractivity contribution in [2.24, 2.45) is 17.8 Å². The summed E-state index contributed by atoms with van der Waals surface area (Å²) in [7, 11) is 0. The number of ether oxygens (including phenoxy) is 1. The molecular formula is C29H24BrCl2IN2O6. The fraction of sp³-hybridized carbons (Fsp3) is 0.379. The van der Waals surface area contributed by atoms with Crippen molar-refractivity contribution in [3.05, 3.63) is 63.2 Å². The second kappa shape index (κ2) is 10.2. The zero-order valence-electron chi connectivity index (χ0n) is 21.7. The Kier molecular flexibility index (Phi) is 7.23. The van der Waals surface area contributed by atoms with Crippen molar-refractivity contribution in [1.82, 2.24) is 4.90 Å². The van der Waals surface area contributed by atoms with E-state index < -0.39 is 45.2 Å². The number of benzene rings is 2. The number of anilines is 1. The zero-order valence-corrected chi connectivity index (χ0v) is 26.9. The molecule has 2 aromatic carbocycles. The number of imide groups is 2. The van der Waals surface area contributed by atoms with Crippen LogP contribution in [0.2, 0.25) is 0 Å². The summed E-state index contributed by atoms with van der Waals surface area (Å²) in [6.45, 7) is 2.05. The van der Waals surface area contributed by atoms with Gasteiger partial charge in [0.05, 0.1) is 29.6 Å². The zero-order chi connectivity index (χ0) is 29.4. The number of halogens is 4. The van der Waals surface area contributed by atoms with Crippen molar-refractivity contribution in [2.45, 2.75) is 35.4 Å². The third-order valence-corrected chi connectivity index (χ3v) is 11.4. The van der Waals surface area contributed by atoms with E-state index in [4.69, 9.17) is 27.9 Å². The average molecular weight is 774 g/mol. The minimum absolute atomic E-state index is 0.124. The number of aromatic hydroxyl groups is 1. The fourth-order valence-electron chi connectivity index (χ4n) is 6.99. The maximum atomic E-state index is 14.0. The van der Waals surface area contributed by atoms with Crippen LogP contribution < -0.4 is 9.64 Å². The van der Waals surface area contributed by atoms with Crippen LogP contribution in [0.3, 0.4) is 0 Å². The predicted molar refractivity (Wildman–Crippen MR) is 164 cm³/mol. The number of amides is 4. The number of fused-ring (bicyclic) bond motifs is 4. The lowest BCUT2D eigenvalue weighted by Gasteiger charge is -2.50. The Morgan fingerprint density at radius 3 is 2.41 bits per heavy atom. The lowest BCUT2D eigenvalue weighted by atomic mass is 9.56. The first-order valence-corrected chi connectivity index (χ1v) is 16.0. The number of hydrogen-bond acceptors (Lipinski definition) is 6. The van der Waals surface area contributed by atoms with Gasteiger partial charge >= 0.3 is 0 Å². The lowest BCUT2D eigenvalue weighted by Crippen LogP contribution is -2.60. The van der Waals surface area contributed by atoms with Crippen LogP contribution in [0.1, 0.15) is 31.2 Å². The van der Waals surface area contributed by atoms with Crippen molar-refractivity contribution >= 4 is 91.0 Å². The predicted octanol–water partition coefficient (Wildman–Crippen LogP) is 5.31. The molecule has 0 unspecified atom stereocenters. The maximum absolute atomic E-state index is 14.0. The van der Waals surface area contributed by atoms with E-state index in [2.05, 4.69) is 38.5 Å². The minimum atomic E-state index is -2.00. The molecule has 4 aliphatic rings. The van der Waals surface area contributed by atoms with Crippen molar-refractivity contribution in [3.63, 3.8) is 0 Å². The van der Waals surface area contributed by atoms with E-state index in [1.54, 1.807) is 37.3 Å². The molecule has 2 aromatic rings. The Morgan fingerprint density at radius 2 is 1.76 bits per heavy atom. The number of rotatable bonds is 5. The van der Waals surface area contributed by atoms with E-state index in [1.165, 1.54) is 4.90 Å². The number of phenols is 1. The molecule has 2 aliphatic carbocycles. The molecular weight excluding hydrogens is 750 g/mol. The molecule has 0 spiro atoms. The highest BCUT2D eigenvalue weighted by Crippen LogP contribution is 2.66. The molecule has 2 heterocycles. The lowest BCUT2D eigenvalue weighted by molar-refractivity contribution is -0.138. The standard InChI is InChI=1S/C29H24BrCl2IN2O6/c1-2-41-20-5-3-4-18(23(20)36)22-16-10-11-17-21(25(38)35(24(17)37)15-8-6-14(33)7-9-15)19(16)12-28(31)26(39)34(13-30)27(40)29(22,28)32/h3-10,17,19,21-22,36H,2,11-13H2,1H3/t17-,19+,21-,22+,28+,29-/m0/s1. The topological polar surface area (TPSA) is 104 Å². The van der Waals surface area contributed by atoms with E-state index in [-0.39, 0.29) is 53.8 Å². The number of nitrogens with zero attached hydrogens (tertiary/aromatic N) is 2. The molecule has 2 saturated heterocycles. The van der Waals surface area contributed by atoms with Gasteiger partial charge in [0.15, 0.2) is 21.2 Å². The van der Waals surface area contributed by atoms with Crippen molar-refractivity contribution in [3.8, 4) is 11.5 Å². The van der Waals surface area contributed by atoms with Gasteiger partial charge in [-0.3, -0.25) is 29.0 Å². The van der Waals surface area contributed by atoms with Gasteiger partial charge in [-0.05, 0) is 78.6 Å². The fourth-order valence-corrected chi connectivity index (χ4v) is 8.76. The first-order chi connectivity index (χ1) is 19.5. The van der Waals surface area contributed by atoms with E-state index in [0.717, 1.165) is 8.47 Å². The number of para-hydroxylation sites is 1. The molecule has 1 saturated carbocycles. The molecule has 1 N–H and O–H groups in total. The molecule has 214 valence electrons. The first kappa shape index (κ1) is 28.9. The van der Waals surface area contributed by atoms with Gasteiger partial charge in [0.1, 0.15) is 0 Å². The van der Waals surface area contributed by atoms with Crippen LogP contribution in [0.25, 0.3) is 0 Å². The number of hydrogen-bond donors (Lipinski definition) is 1. The van der Waals surface area contributed by atoms with E-state index in [1.807, 2.05) is 18.2 Å². The van der Waals surface area contributed by atoms with Crippen molar-refractivity contribution in [1.29, 1.82) is 0 Å². The van der Waals surface area contributed by atoms with Crippen LogP contribution in [-0.2, 0) is 19.2 Å². The van der Waals surface area contributed by atoms with Crippen LogP contribution in [0.5, 0.6) is 11.5 Å². The summed E-state index contributed by atoms with van der Waals surface area (Å²) in [5.41, 5.74) is 1.20. The molecule has 0 radical (unpaired) electrons. The van der Waals surface area contributed by atoms with Crippen LogP contribution in [0.4, 0.5) is 5.69 Å². The van der Waals surface area contributed by atoms with E-state index in [9.17, 15) is 24.3 Å². The smallest absolute Gasteiger partial charge is 0.254 e. The third-order valence-electron chi connectivity index (χ3n) is 8.74. The molecule has 3 fully saturated rings. The van der Waals surface area contributed by atoms with Gasteiger partial charge in [0.25, 0.3) is 11.8 Å². The summed E-state index contributed by atoms with van der Waals surface area (Å²) in [5, 5.41) is 11.3. The quantitative estimate of drug-likeness (QED) is 0.145. The number of likely N-dealkylation sites (tertiary alicyclic amines) is 1. The summed E-state index contributed by atoms with van der Waals surface area (Å²) < 4.78 is 6.57. The highest BCUT2D eigenvalue weighted by atomic mass is 127. The van der Waals surface area contributed by atoms with Crippen LogP contribution >= 0.6 is 61.7 Å². The van der Waals surface area contributed by atoms with Crippen molar-refractivity contribution in [2.75, 3.05) is 17.0 Å². The molecule has 8 nitrogen and oxygen atoms in total. The van der Waals surface area contributed by atoms with Gasteiger partial charge in [-0.1, -0.05) is 39.7 Å². The Labute approximate surface area is 268 Å². The summed E-state index contributed by atoms with van der Waals surface area (Å²) in [5.74, 6) is -5.38. The van der Waals surface area contributed by atoms with Gasteiger partial charge in [-0.15, -0.1) is 23.2 Å². The Bertz CT molecular complexity index is 1540. The van der Waals surface area contributed by atoms with Gasteiger partial charge in [0, 0.05) is 15.1 Å². The van der Waals surface area contributed by atoms with Gasteiger partial charge < -0.3 is 9.84 Å². The first-order valence-electron chi connectivity index (χ1n) is 13.1.